The number of halogens is 1. The third-order valence-corrected chi connectivity index (χ3v) is 4.04. The van der Waals surface area contributed by atoms with Gasteiger partial charge < -0.3 is 11.1 Å². The summed E-state index contributed by atoms with van der Waals surface area (Å²) in [5, 5.41) is 3.21. The molecule has 3 N–H and O–H groups in total. The fraction of sp³-hybridized carbons (Fsp3) is 0.923. The van der Waals surface area contributed by atoms with Gasteiger partial charge in [-0.05, 0) is 32.1 Å². The molecule has 0 spiro atoms. The van der Waals surface area contributed by atoms with Crippen LogP contribution in [0, 0.1) is 5.92 Å². The Bertz CT molecular complexity index is 242. The zero-order chi connectivity index (χ0) is 11.4. The Kier molecular flexibility index (Phi) is 6.28. The molecular formula is C13H25ClN2O. The molecule has 1 amide bonds. The van der Waals surface area contributed by atoms with Crippen molar-refractivity contribution in [1.29, 1.82) is 0 Å². The van der Waals surface area contributed by atoms with Gasteiger partial charge >= 0.3 is 0 Å². The van der Waals surface area contributed by atoms with Crippen LogP contribution in [-0.2, 0) is 4.79 Å². The van der Waals surface area contributed by atoms with Gasteiger partial charge in [0, 0.05) is 18.0 Å². The first-order valence-corrected chi connectivity index (χ1v) is 6.81. The summed E-state index contributed by atoms with van der Waals surface area (Å²) in [6.45, 7) is 0. The average Bonchev–Trinajstić information content (AvgIpc) is 2.30. The number of carbonyl (C=O) groups excluding carboxylic acids is 1. The predicted octanol–water partition coefficient (Wildman–Crippen LogP) is 2.37. The minimum Gasteiger partial charge on any atom is -0.353 e. The fourth-order valence-electron chi connectivity index (χ4n) is 3.03. The van der Waals surface area contributed by atoms with Gasteiger partial charge in [-0.15, -0.1) is 12.4 Å². The first kappa shape index (κ1) is 14.8. The van der Waals surface area contributed by atoms with Crippen LogP contribution in [0.4, 0.5) is 0 Å². The zero-order valence-electron chi connectivity index (χ0n) is 10.5. The topological polar surface area (TPSA) is 55.1 Å². The third kappa shape index (κ3) is 4.47. The monoisotopic (exact) mass is 260 g/mol. The van der Waals surface area contributed by atoms with Crippen LogP contribution in [0.2, 0.25) is 0 Å². The summed E-state index contributed by atoms with van der Waals surface area (Å²) in [5.41, 5.74) is 5.92. The van der Waals surface area contributed by atoms with E-state index in [0.29, 0.717) is 6.04 Å². The molecule has 2 atom stereocenters. The molecule has 0 aromatic heterocycles. The molecule has 100 valence electrons. The summed E-state index contributed by atoms with van der Waals surface area (Å²) < 4.78 is 0. The Balaban J connectivity index is 0.00000144. The van der Waals surface area contributed by atoms with Crippen LogP contribution in [0.15, 0.2) is 0 Å². The highest BCUT2D eigenvalue weighted by molar-refractivity contribution is 5.85. The molecule has 2 fully saturated rings. The minimum atomic E-state index is 0. The summed E-state index contributed by atoms with van der Waals surface area (Å²) in [6, 6.07) is 0.690. The van der Waals surface area contributed by atoms with Crippen molar-refractivity contribution in [2.75, 3.05) is 0 Å². The molecular weight excluding hydrogens is 236 g/mol. The van der Waals surface area contributed by atoms with E-state index in [0.717, 1.165) is 25.7 Å². The lowest BCUT2D eigenvalue weighted by atomic mass is 9.85. The van der Waals surface area contributed by atoms with E-state index >= 15 is 0 Å². The van der Waals surface area contributed by atoms with E-state index in [2.05, 4.69) is 5.32 Å². The normalized spacial score (nSPS) is 30.4. The summed E-state index contributed by atoms with van der Waals surface area (Å²) in [5.74, 6) is 0.452. The average molecular weight is 261 g/mol. The Morgan fingerprint density at radius 3 is 2.35 bits per heavy atom. The van der Waals surface area contributed by atoms with E-state index < -0.39 is 0 Å². The highest BCUT2D eigenvalue weighted by Crippen LogP contribution is 2.24. The molecule has 4 heteroatoms. The van der Waals surface area contributed by atoms with Gasteiger partial charge in [-0.2, -0.15) is 0 Å². The van der Waals surface area contributed by atoms with E-state index in [-0.39, 0.29) is 30.3 Å². The predicted molar refractivity (Wildman–Crippen MR) is 72.2 cm³/mol. The van der Waals surface area contributed by atoms with Crippen LogP contribution in [0.25, 0.3) is 0 Å². The van der Waals surface area contributed by atoms with Crippen molar-refractivity contribution in [3.05, 3.63) is 0 Å². The number of nitrogens with two attached hydrogens (primary N) is 1. The van der Waals surface area contributed by atoms with Crippen LogP contribution < -0.4 is 11.1 Å². The zero-order valence-corrected chi connectivity index (χ0v) is 11.3. The van der Waals surface area contributed by atoms with E-state index in [1.807, 2.05) is 0 Å². The van der Waals surface area contributed by atoms with Crippen molar-refractivity contribution < 1.29 is 4.79 Å². The first-order valence-electron chi connectivity index (χ1n) is 6.81. The van der Waals surface area contributed by atoms with Crippen molar-refractivity contribution in [1.82, 2.24) is 5.32 Å². The van der Waals surface area contributed by atoms with Crippen LogP contribution in [-0.4, -0.2) is 18.0 Å². The Labute approximate surface area is 110 Å². The second-order valence-corrected chi connectivity index (χ2v) is 5.47. The van der Waals surface area contributed by atoms with E-state index in [9.17, 15) is 4.79 Å². The molecule has 0 aromatic carbocycles. The van der Waals surface area contributed by atoms with Crippen molar-refractivity contribution in [2.24, 2.45) is 11.7 Å². The lowest BCUT2D eigenvalue weighted by molar-refractivity contribution is -0.127. The molecule has 0 saturated heterocycles. The van der Waals surface area contributed by atoms with Crippen LogP contribution in [0.1, 0.15) is 57.8 Å². The van der Waals surface area contributed by atoms with Crippen molar-refractivity contribution in [3.63, 3.8) is 0 Å². The molecule has 0 radical (unpaired) electrons. The molecule has 2 aliphatic rings. The summed E-state index contributed by atoms with van der Waals surface area (Å²) >= 11 is 0. The van der Waals surface area contributed by atoms with Crippen molar-refractivity contribution >= 4 is 18.3 Å². The smallest absolute Gasteiger partial charge is 0.223 e. The maximum atomic E-state index is 12.0. The van der Waals surface area contributed by atoms with Gasteiger partial charge in [0.2, 0.25) is 5.91 Å². The van der Waals surface area contributed by atoms with Crippen LogP contribution >= 0.6 is 12.4 Å². The summed E-state index contributed by atoms with van der Waals surface area (Å²) in [7, 11) is 0. The SMILES string of the molecule is Cl.NC1CCCC(C(=O)NC2CCCCC2)C1. The molecule has 17 heavy (non-hydrogen) atoms. The lowest BCUT2D eigenvalue weighted by Crippen LogP contribution is -2.43. The van der Waals surface area contributed by atoms with Crippen molar-refractivity contribution in [3.8, 4) is 0 Å². The van der Waals surface area contributed by atoms with Crippen molar-refractivity contribution in [2.45, 2.75) is 69.9 Å². The van der Waals surface area contributed by atoms with Crippen LogP contribution in [0.5, 0.6) is 0 Å². The number of nitrogens with one attached hydrogen (secondary N) is 1. The summed E-state index contributed by atoms with van der Waals surface area (Å²) in [4.78, 5) is 12.0. The second kappa shape index (κ2) is 7.22. The van der Waals surface area contributed by atoms with E-state index in [1.54, 1.807) is 0 Å². The fourth-order valence-corrected chi connectivity index (χ4v) is 3.03. The van der Waals surface area contributed by atoms with Gasteiger partial charge in [0.15, 0.2) is 0 Å². The number of hydrogen-bond donors (Lipinski definition) is 2. The lowest BCUT2D eigenvalue weighted by Gasteiger charge is -2.29. The molecule has 2 unspecified atom stereocenters. The Morgan fingerprint density at radius 2 is 1.71 bits per heavy atom. The minimum absolute atomic E-state index is 0. The van der Waals surface area contributed by atoms with E-state index in [1.165, 1.54) is 32.1 Å². The maximum absolute atomic E-state index is 12.0. The first-order chi connectivity index (χ1) is 7.75. The van der Waals surface area contributed by atoms with Crippen LogP contribution in [0.3, 0.4) is 0 Å². The molecule has 0 aromatic rings. The number of hydrogen-bond acceptors (Lipinski definition) is 2. The number of carbonyl (C=O) groups is 1. The van der Waals surface area contributed by atoms with Gasteiger partial charge in [0.1, 0.15) is 0 Å². The summed E-state index contributed by atoms with van der Waals surface area (Å²) in [6.07, 6.45) is 10.3. The largest absolute Gasteiger partial charge is 0.353 e. The highest BCUT2D eigenvalue weighted by atomic mass is 35.5. The second-order valence-electron chi connectivity index (χ2n) is 5.47. The standard InChI is InChI=1S/C13H24N2O.ClH/c14-11-6-4-5-10(9-11)13(16)15-12-7-2-1-3-8-12;/h10-12H,1-9,14H2,(H,15,16);1H. The molecule has 0 aliphatic heterocycles. The number of amides is 1. The highest BCUT2D eigenvalue weighted by Gasteiger charge is 2.27. The molecule has 2 saturated carbocycles. The van der Waals surface area contributed by atoms with Gasteiger partial charge in [-0.1, -0.05) is 25.7 Å². The Morgan fingerprint density at radius 1 is 1.00 bits per heavy atom. The molecule has 0 heterocycles. The number of rotatable bonds is 2. The van der Waals surface area contributed by atoms with Gasteiger partial charge in [-0.3, -0.25) is 4.79 Å². The third-order valence-electron chi connectivity index (χ3n) is 4.04. The molecule has 2 aliphatic carbocycles. The molecule has 3 nitrogen and oxygen atoms in total. The van der Waals surface area contributed by atoms with Gasteiger partial charge in [0.25, 0.3) is 0 Å². The molecule has 2 rings (SSSR count). The van der Waals surface area contributed by atoms with Gasteiger partial charge in [0.05, 0.1) is 0 Å². The van der Waals surface area contributed by atoms with Gasteiger partial charge in [-0.25, -0.2) is 0 Å². The Hall–Kier alpha value is -0.280. The molecule has 0 bridgehead atoms. The quantitative estimate of drug-likeness (QED) is 0.801. The maximum Gasteiger partial charge on any atom is 0.223 e. The van der Waals surface area contributed by atoms with E-state index in [4.69, 9.17) is 5.73 Å².